The van der Waals surface area contributed by atoms with Gasteiger partial charge in [-0.05, 0) is 47.9 Å². The molecule has 32 heavy (non-hydrogen) atoms. The number of carbonyl (C=O) groups is 2. The van der Waals surface area contributed by atoms with Crippen molar-refractivity contribution in [3.05, 3.63) is 84.4 Å². The number of nitrogens with one attached hydrogen (secondary N) is 3. The fourth-order valence-electron chi connectivity index (χ4n) is 3.05. The molecule has 0 saturated heterocycles. The van der Waals surface area contributed by atoms with Gasteiger partial charge in [-0.15, -0.1) is 0 Å². The molecule has 3 N–H and O–H groups in total. The van der Waals surface area contributed by atoms with E-state index in [1.54, 1.807) is 6.07 Å². The van der Waals surface area contributed by atoms with Gasteiger partial charge in [0.2, 0.25) is 11.8 Å². The van der Waals surface area contributed by atoms with E-state index in [4.69, 9.17) is 4.74 Å². The van der Waals surface area contributed by atoms with Gasteiger partial charge in [0.05, 0.1) is 6.54 Å². The third-order valence-electron chi connectivity index (χ3n) is 4.58. The molecule has 3 rings (SSSR count). The van der Waals surface area contributed by atoms with Gasteiger partial charge in [-0.2, -0.15) is 0 Å². The van der Waals surface area contributed by atoms with E-state index in [1.807, 2.05) is 86.6 Å². The zero-order valence-electron chi connectivity index (χ0n) is 18.4. The van der Waals surface area contributed by atoms with E-state index in [9.17, 15) is 9.59 Å². The number of hydrogen-bond acceptors (Lipinski definition) is 4. The summed E-state index contributed by atoms with van der Waals surface area (Å²) in [5.41, 5.74) is 3.28. The molecule has 0 radical (unpaired) electrons. The van der Waals surface area contributed by atoms with Crippen LogP contribution in [0.3, 0.4) is 0 Å². The Hall–Kier alpha value is -3.80. The highest BCUT2D eigenvalue weighted by Gasteiger charge is 2.06. The minimum Gasteiger partial charge on any atom is -0.489 e. The summed E-state index contributed by atoms with van der Waals surface area (Å²) in [6.07, 6.45) is 0.485. The summed E-state index contributed by atoms with van der Waals surface area (Å²) in [6.45, 7) is 4.60. The van der Waals surface area contributed by atoms with Crippen molar-refractivity contribution >= 4 is 28.9 Å². The van der Waals surface area contributed by atoms with E-state index in [0.29, 0.717) is 30.4 Å². The molecule has 6 nitrogen and oxygen atoms in total. The maximum Gasteiger partial charge on any atom is 0.243 e. The second-order valence-corrected chi connectivity index (χ2v) is 7.93. The summed E-state index contributed by atoms with van der Waals surface area (Å²) in [5, 5.41) is 8.82. The predicted octanol–water partition coefficient (Wildman–Crippen LogP) is 5.30. The summed E-state index contributed by atoms with van der Waals surface area (Å²) >= 11 is 0. The Labute approximate surface area is 189 Å². The maximum absolute atomic E-state index is 12.3. The fourth-order valence-corrected chi connectivity index (χ4v) is 3.05. The molecule has 0 saturated carbocycles. The lowest BCUT2D eigenvalue weighted by molar-refractivity contribution is -0.117. The van der Waals surface area contributed by atoms with Crippen LogP contribution in [0.2, 0.25) is 0 Å². The van der Waals surface area contributed by atoms with Crippen LogP contribution in [0.5, 0.6) is 5.75 Å². The molecule has 0 atom stereocenters. The van der Waals surface area contributed by atoms with Gasteiger partial charge in [0, 0.05) is 29.5 Å². The smallest absolute Gasteiger partial charge is 0.243 e. The zero-order valence-corrected chi connectivity index (χ0v) is 18.4. The second-order valence-electron chi connectivity index (χ2n) is 7.93. The van der Waals surface area contributed by atoms with Crippen LogP contribution >= 0.6 is 0 Å². The van der Waals surface area contributed by atoms with E-state index < -0.39 is 0 Å². The molecule has 0 bridgehead atoms. The van der Waals surface area contributed by atoms with Crippen molar-refractivity contribution in [1.82, 2.24) is 0 Å². The first-order valence-corrected chi connectivity index (χ1v) is 10.7. The van der Waals surface area contributed by atoms with Crippen molar-refractivity contribution in [3.63, 3.8) is 0 Å². The number of carbonyl (C=O) groups excluding carboxylic acids is 2. The lowest BCUT2D eigenvalue weighted by atomic mass is 10.1. The molecule has 0 aliphatic heterocycles. The van der Waals surface area contributed by atoms with Crippen molar-refractivity contribution < 1.29 is 14.3 Å². The van der Waals surface area contributed by atoms with Crippen LogP contribution in [0.25, 0.3) is 0 Å². The van der Waals surface area contributed by atoms with Crippen LogP contribution < -0.4 is 20.7 Å². The van der Waals surface area contributed by atoms with Gasteiger partial charge >= 0.3 is 0 Å². The number of benzene rings is 3. The number of ether oxygens (including phenoxy) is 1. The lowest BCUT2D eigenvalue weighted by Crippen LogP contribution is -2.21. The van der Waals surface area contributed by atoms with Crippen LogP contribution in [0.1, 0.15) is 25.8 Å². The standard InChI is InChI=1S/C26H29N3O3/c1-19(2)15-25(30)28-22-13-11-21(12-14-22)27-17-26(31)29-23-9-6-10-24(16-23)32-18-20-7-4-3-5-8-20/h3-14,16,19,27H,15,17-18H2,1-2H3,(H,28,30)(H,29,31). The molecule has 0 aliphatic rings. The van der Waals surface area contributed by atoms with Crippen LogP contribution in [-0.4, -0.2) is 18.4 Å². The number of hydrogen-bond donors (Lipinski definition) is 3. The molecule has 166 valence electrons. The number of anilines is 3. The van der Waals surface area contributed by atoms with E-state index in [1.165, 1.54) is 0 Å². The Morgan fingerprint density at radius 3 is 2.19 bits per heavy atom. The van der Waals surface area contributed by atoms with Crippen molar-refractivity contribution in [1.29, 1.82) is 0 Å². The molecule has 0 unspecified atom stereocenters. The molecule has 2 amide bonds. The Morgan fingerprint density at radius 2 is 1.47 bits per heavy atom. The third kappa shape index (κ3) is 7.80. The minimum atomic E-state index is -0.167. The Morgan fingerprint density at radius 1 is 0.781 bits per heavy atom. The summed E-state index contributed by atoms with van der Waals surface area (Å²) < 4.78 is 5.81. The Balaban J connectivity index is 1.45. The molecule has 6 heteroatoms. The van der Waals surface area contributed by atoms with Crippen LogP contribution in [0, 0.1) is 5.92 Å². The molecule has 0 aliphatic carbocycles. The average molecular weight is 432 g/mol. The van der Waals surface area contributed by atoms with E-state index in [2.05, 4.69) is 16.0 Å². The highest BCUT2D eigenvalue weighted by atomic mass is 16.5. The van der Waals surface area contributed by atoms with E-state index in [-0.39, 0.29) is 18.4 Å². The fraction of sp³-hybridized carbons (Fsp3) is 0.231. The molecule has 0 fully saturated rings. The first-order valence-electron chi connectivity index (χ1n) is 10.7. The van der Waals surface area contributed by atoms with E-state index >= 15 is 0 Å². The number of amides is 2. The molecular weight excluding hydrogens is 402 g/mol. The predicted molar refractivity (Wildman–Crippen MR) is 129 cm³/mol. The van der Waals surface area contributed by atoms with Gasteiger partial charge in [0.1, 0.15) is 12.4 Å². The van der Waals surface area contributed by atoms with Gasteiger partial charge in [0.25, 0.3) is 0 Å². The van der Waals surface area contributed by atoms with Crippen LogP contribution in [-0.2, 0) is 16.2 Å². The maximum atomic E-state index is 12.3. The summed E-state index contributed by atoms with van der Waals surface area (Å²) in [7, 11) is 0. The minimum absolute atomic E-state index is 0.00457. The largest absolute Gasteiger partial charge is 0.489 e. The third-order valence-corrected chi connectivity index (χ3v) is 4.58. The molecule has 0 spiro atoms. The van der Waals surface area contributed by atoms with Gasteiger partial charge in [-0.25, -0.2) is 0 Å². The van der Waals surface area contributed by atoms with Crippen molar-refractivity contribution in [3.8, 4) is 5.75 Å². The van der Waals surface area contributed by atoms with Crippen LogP contribution in [0.4, 0.5) is 17.1 Å². The highest BCUT2D eigenvalue weighted by Crippen LogP contribution is 2.19. The SMILES string of the molecule is CC(C)CC(=O)Nc1ccc(NCC(=O)Nc2cccc(OCc3ccccc3)c2)cc1. The highest BCUT2D eigenvalue weighted by molar-refractivity contribution is 5.94. The van der Waals surface area contributed by atoms with Crippen molar-refractivity contribution in [2.24, 2.45) is 5.92 Å². The quantitative estimate of drug-likeness (QED) is 0.407. The average Bonchev–Trinajstić information content (AvgIpc) is 2.78. The van der Waals surface area contributed by atoms with Gasteiger partial charge in [-0.1, -0.05) is 50.2 Å². The molecule has 0 heterocycles. The second kappa shape index (κ2) is 11.6. The lowest BCUT2D eigenvalue weighted by Gasteiger charge is -2.11. The normalized spacial score (nSPS) is 10.5. The Kier molecular flexibility index (Phi) is 8.26. The molecule has 3 aromatic rings. The molecular formula is C26H29N3O3. The van der Waals surface area contributed by atoms with Gasteiger partial charge < -0.3 is 20.7 Å². The summed E-state index contributed by atoms with van der Waals surface area (Å²) in [4.78, 5) is 24.2. The van der Waals surface area contributed by atoms with Crippen molar-refractivity contribution in [2.75, 3.05) is 22.5 Å². The molecule has 0 aromatic heterocycles. The Bertz CT molecular complexity index is 1020. The van der Waals surface area contributed by atoms with Gasteiger partial charge in [-0.3, -0.25) is 9.59 Å². The molecule has 3 aromatic carbocycles. The van der Waals surface area contributed by atoms with Crippen LogP contribution in [0.15, 0.2) is 78.9 Å². The monoisotopic (exact) mass is 431 g/mol. The first kappa shape index (κ1) is 22.9. The van der Waals surface area contributed by atoms with Gasteiger partial charge in [0.15, 0.2) is 0 Å². The van der Waals surface area contributed by atoms with Crippen molar-refractivity contribution in [2.45, 2.75) is 26.9 Å². The summed E-state index contributed by atoms with van der Waals surface area (Å²) in [5.74, 6) is 0.829. The zero-order chi connectivity index (χ0) is 22.8. The summed E-state index contributed by atoms with van der Waals surface area (Å²) in [6, 6.07) is 24.5. The van der Waals surface area contributed by atoms with E-state index in [0.717, 1.165) is 16.9 Å². The first-order chi connectivity index (χ1) is 15.5. The number of rotatable bonds is 10. The topological polar surface area (TPSA) is 79.5 Å².